The van der Waals surface area contributed by atoms with E-state index in [-0.39, 0.29) is 0 Å². The fourth-order valence-corrected chi connectivity index (χ4v) is 4.40. The SMILES string of the molecule is C1CC[C@@H]2[C@H](C1)CCCN2CCN1CCCNCC1. The summed E-state index contributed by atoms with van der Waals surface area (Å²) < 4.78 is 0. The summed E-state index contributed by atoms with van der Waals surface area (Å²) in [5.41, 5.74) is 0. The molecular formula is C16H31N3. The molecule has 2 saturated heterocycles. The van der Waals surface area contributed by atoms with Crippen molar-refractivity contribution < 1.29 is 0 Å². The minimum atomic E-state index is 0.938. The molecule has 110 valence electrons. The highest BCUT2D eigenvalue weighted by Crippen LogP contribution is 2.34. The maximum Gasteiger partial charge on any atom is 0.0124 e. The van der Waals surface area contributed by atoms with Crippen LogP contribution in [-0.2, 0) is 0 Å². The van der Waals surface area contributed by atoms with Gasteiger partial charge in [0.15, 0.2) is 0 Å². The number of fused-ring (bicyclic) bond motifs is 1. The highest BCUT2D eigenvalue weighted by Gasteiger charge is 2.32. The van der Waals surface area contributed by atoms with E-state index in [2.05, 4.69) is 15.1 Å². The number of nitrogens with one attached hydrogen (secondary N) is 1. The zero-order valence-electron chi connectivity index (χ0n) is 12.4. The summed E-state index contributed by atoms with van der Waals surface area (Å²) in [7, 11) is 0. The quantitative estimate of drug-likeness (QED) is 0.841. The Morgan fingerprint density at radius 1 is 0.789 bits per heavy atom. The lowest BCUT2D eigenvalue weighted by Crippen LogP contribution is -2.49. The minimum Gasteiger partial charge on any atom is -0.315 e. The fraction of sp³-hybridized carbons (Fsp3) is 1.00. The van der Waals surface area contributed by atoms with Crippen LogP contribution in [-0.4, -0.2) is 61.7 Å². The molecule has 3 aliphatic rings. The Bertz CT molecular complexity index is 259. The van der Waals surface area contributed by atoms with Gasteiger partial charge in [-0.3, -0.25) is 4.90 Å². The maximum absolute atomic E-state index is 3.51. The van der Waals surface area contributed by atoms with E-state index in [1.165, 1.54) is 90.8 Å². The molecule has 0 bridgehead atoms. The number of likely N-dealkylation sites (tertiary alicyclic amines) is 1. The van der Waals surface area contributed by atoms with Crippen molar-refractivity contribution in [2.45, 2.75) is 51.0 Å². The van der Waals surface area contributed by atoms with Crippen molar-refractivity contribution in [3.8, 4) is 0 Å². The monoisotopic (exact) mass is 265 g/mol. The van der Waals surface area contributed by atoms with E-state index >= 15 is 0 Å². The molecule has 0 aromatic heterocycles. The third kappa shape index (κ3) is 3.71. The van der Waals surface area contributed by atoms with Crippen LogP contribution in [0.2, 0.25) is 0 Å². The third-order valence-electron chi connectivity index (χ3n) is 5.49. The van der Waals surface area contributed by atoms with Crippen molar-refractivity contribution in [1.82, 2.24) is 15.1 Å². The van der Waals surface area contributed by atoms with Crippen molar-refractivity contribution in [2.24, 2.45) is 5.92 Å². The van der Waals surface area contributed by atoms with E-state index in [0.29, 0.717) is 0 Å². The number of piperidine rings is 1. The van der Waals surface area contributed by atoms with Gasteiger partial charge in [-0.1, -0.05) is 12.8 Å². The molecule has 19 heavy (non-hydrogen) atoms. The highest BCUT2D eigenvalue weighted by molar-refractivity contribution is 4.87. The summed E-state index contributed by atoms with van der Waals surface area (Å²) in [5, 5.41) is 3.51. The Labute approximate surface area is 118 Å². The van der Waals surface area contributed by atoms with Crippen LogP contribution >= 0.6 is 0 Å². The van der Waals surface area contributed by atoms with Gasteiger partial charge in [-0.15, -0.1) is 0 Å². The summed E-state index contributed by atoms with van der Waals surface area (Å²) in [6, 6.07) is 0.938. The van der Waals surface area contributed by atoms with Gasteiger partial charge in [0.2, 0.25) is 0 Å². The molecule has 0 spiro atoms. The van der Waals surface area contributed by atoms with Crippen LogP contribution in [0.25, 0.3) is 0 Å². The molecule has 2 atom stereocenters. The Kier molecular flexibility index (Phi) is 5.14. The summed E-state index contributed by atoms with van der Waals surface area (Å²) in [6.45, 7) is 8.94. The zero-order valence-corrected chi connectivity index (χ0v) is 12.4. The molecule has 0 radical (unpaired) electrons. The average Bonchev–Trinajstić information content (AvgIpc) is 2.74. The topological polar surface area (TPSA) is 18.5 Å². The van der Waals surface area contributed by atoms with Crippen molar-refractivity contribution in [1.29, 1.82) is 0 Å². The van der Waals surface area contributed by atoms with Crippen molar-refractivity contribution in [3.63, 3.8) is 0 Å². The first-order valence-corrected chi connectivity index (χ1v) is 8.60. The molecule has 3 heteroatoms. The first-order valence-electron chi connectivity index (χ1n) is 8.60. The summed E-state index contributed by atoms with van der Waals surface area (Å²) in [6.07, 6.45) is 10.2. The standard InChI is InChI=1S/C16H31N3/c1-2-7-16-15(5-1)6-3-11-19(16)14-13-18-10-4-8-17-9-12-18/h15-17H,1-14H2/t15-,16-/m1/s1. The molecular weight excluding hydrogens is 234 g/mol. The van der Waals surface area contributed by atoms with Gasteiger partial charge in [0.25, 0.3) is 0 Å². The molecule has 3 fully saturated rings. The van der Waals surface area contributed by atoms with E-state index in [1.807, 2.05) is 0 Å². The molecule has 0 amide bonds. The lowest BCUT2D eigenvalue weighted by atomic mass is 9.78. The first kappa shape index (κ1) is 13.8. The zero-order chi connectivity index (χ0) is 12.9. The molecule has 2 heterocycles. The first-order chi connectivity index (χ1) is 9.43. The van der Waals surface area contributed by atoms with Gasteiger partial charge >= 0.3 is 0 Å². The van der Waals surface area contributed by atoms with Crippen LogP contribution in [0.1, 0.15) is 44.9 Å². The van der Waals surface area contributed by atoms with E-state index in [9.17, 15) is 0 Å². The molecule has 3 nitrogen and oxygen atoms in total. The number of hydrogen-bond acceptors (Lipinski definition) is 3. The van der Waals surface area contributed by atoms with Gasteiger partial charge < -0.3 is 10.2 Å². The molecule has 1 aliphatic carbocycles. The molecule has 0 aromatic rings. The lowest BCUT2D eigenvalue weighted by Gasteiger charge is -2.44. The van der Waals surface area contributed by atoms with Gasteiger partial charge in [0, 0.05) is 32.2 Å². The molecule has 1 N–H and O–H groups in total. The third-order valence-corrected chi connectivity index (χ3v) is 5.49. The second kappa shape index (κ2) is 7.05. The van der Waals surface area contributed by atoms with E-state index < -0.39 is 0 Å². The summed E-state index contributed by atoms with van der Waals surface area (Å²) >= 11 is 0. The Morgan fingerprint density at radius 3 is 2.68 bits per heavy atom. The fourth-order valence-electron chi connectivity index (χ4n) is 4.40. The van der Waals surface area contributed by atoms with Crippen molar-refractivity contribution in [2.75, 3.05) is 45.8 Å². The number of hydrogen-bond donors (Lipinski definition) is 1. The molecule has 1 saturated carbocycles. The smallest absolute Gasteiger partial charge is 0.0124 e. The number of nitrogens with zero attached hydrogens (tertiary/aromatic N) is 2. The van der Waals surface area contributed by atoms with E-state index in [4.69, 9.17) is 0 Å². The largest absolute Gasteiger partial charge is 0.315 e. The van der Waals surface area contributed by atoms with Crippen LogP contribution in [0.15, 0.2) is 0 Å². The highest BCUT2D eigenvalue weighted by atomic mass is 15.2. The molecule has 2 aliphatic heterocycles. The van der Waals surface area contributed by atoms with E-state index in [0.717, 1.165) is 12.0 Å². The van der Waals surface area contributed by atoms with Gasteiger partial charge in [-0.2, -0.15) is 0 Å². The van der Waals surface area contributed by atoms with E-state index in [1.54, 1.807) is 0 Å². The Morgan fingerprint density at radius 2 is 1.68 bits per heavy atom. The Hall–Kier alpha value is -0.120. The minimum absolute atomic E-state index is 0.938. The van der Waals surface area contributed by atoms with Crippen molar-refractivity contribution >= 4 is 0 Å². The van der Waals surface area contributed by atoms with Gasteiger partial charge in [0.1, 0.15) is 0 Å². The van der Waals surface area contributed by atoms with Gasteiger partial charge in [0.05, 0.1) is 0 Å². The van der Waals surface area contributed by atoms with Crippen LogP contribution in [0, 0.1) is 5.92 Å². The second-order valence-electron chi connectivity index (χ2n) is 6.74. The predicted octanol–water partition coefficient (Wildman–Crippen LogP) is 1.94. The average molecular weight is 265 g/mol. The predicted molar refractivity (Wildman–Crippen MR) is 80.5 cm³/mol. The number of rotatable bonds is 3. The second-order valence-corrected chi connectivity index (χ2v) is 6.74. The van der Waals surface area contributed by atoms with Crippen LogP contribution in [0.5, 0.6) is 0 Å². The molecule has 0 aromatic carbocycles. The van der Waals surface area contributed by atoms with Gasteiger partial charge in [-0.05, 0) is 57.7 Å². The van der Waals surface area contributed by atoms with Crippen LogP contribution < -0.4 is 5.32 Å². The summed E-state index contributed by atoms with van der Waals surface area (Å²) in [4.78, 5) is 5.51. The van der Waals surface area contributed by atoms with Crippen molar-refractivity contribution in [3.05, 3.63) is 0 Å². The van der Waals surface area contributed by atoms with Crippen LogP contribution in [0.3, 0.4) is 0 Å². The lowest BCUT2D eigenvalue weighted by molar-refractivity contribution is 0.0526. The maximum atomic E-state index is 3.51. The van der Waals surface area contributed by atoms with Crippen LogP contribution in [0.4, 0.5) is 0 Å². The Balaban J connectivity index is 1.47. The molecule has 0 unspecified atom stereocenters. The normalized spacial score (nSPS) is 34.7. The molecule has 3 rings (SSSR count). The summed E-state index contributed by atoms with van der Waals surface area (Å²) in [5.74, 6) is 1.04. The van der Waals surface area contributed by atoms with Gasteiger partial charge in [-0.25, -0.2) is 0 Å².